The number of imidazole rings is 1. The predicted octanol–water partition coefficient (Wildman–Crippen LogP) is 2.63. The van der Waals surface area contributed by atoms with Gasteiger partial charge < -0.3 is 19.8 Å². The van der Waals surface area contributed by atoms with Crippen LogP contribution in [0.5, 0.6) is 11.5 Å². The first kappa shape index (κ1) is 13.3. The zero-order chi connectivity index (χ0) is 13.8. The van der Waals surface area contributed by atoms with Crippen LogP contribution in [0.1, 0.15) is 25.6 Å². The van der Waals surface area contributed by atoms with E-state index in [0.717, 1.165) is 17.2 Å². The minimum absolute atomic E-state index is 0.290. The smallest absolute Gasteiger partial charge is 0.200 e. The van der Waals surface area contributed by atoms with Crippen LogP contribution in [-0.4, -0.2) is 16.7 Å². The Labute approximate surface area is 113 Å². The maximum absolute atomic E-state index is 5.83. The Balaban J connectivity index is 2.04. The van der Waals surface area contributed by atoms with Gasteiger partial charge in [0.2, 0.25) is 5.95 Å². The van der Waals surface area contributed by atoms with E-state index < -0.39 is 0 Å². The number of anilines is 1. The molecule has 19 heavy (non-hydrogen) atoms. The standard InChI is InChI=1S/C14H19N3O2/c1-10(2)17-8-11(16-14(17)15)9-19-13-6-4-5-12(7-13)18-3/h4-8,10H,9H2,1-3H3,(H2,15,16). The molecule has 0 saturated carbocycles. The lowest BCUT2D eigenvalue weighted by Crippen LogP contribution is -2.03. The van der Waals surface area contributed by atoms with Gasteiger partial charge in [-0.3, -0.25) is 0 Å². The summed E-state index contributed by atoms with van der Waals surface area (Å²) in [6, 6.07) is 7.76. The SMILES string of the molecule is COc1cccc(OCc2cn(C(C)C)c(N)n2)c1. The highest BCUT2D eigenvalue weighted by molar-refractivity contribution is 5.33. The van der Waals surface area contributed by atoms with Crippen LogP contribution in [0.15, 0.2) is 30.5 Å². The van der Waals surface area contributed by atoms with E-state index >= 15 is 0 Å². The molecule has 0 unspecified atom stereocenters. The maximum atomic E-state index is 5.83. The summed E-state index contributed by atoms with van der Waals surface area (Å²) in [4.78, 5) is 4.27. The lowest BCUT2D eigenvalue weighted by atomic mass is 10.3. The summed E-state index contributed by atoms with van der Waals surface area (Å²) in [5.41, 5.74) is 6.65. The van der Waals surface area contributed by atoms with Crippen molar-refractivity contribution >= 4 is 5.95 Å². The van der Waals surface area contributed by atoms with Crippen LogP contribution < -0.4 is 15.2 Å². The van der Waals surface area contributed by atoms with Gasteiger partial charge in [-0.1, -0.05) is 6.07 Å². The van der Waals surface area contributed by atoms with Crippen LogP contribution in [0.25, 0.3) is 0 Å². The van der Waals surface area contributed by atoms with E-state index in [1.807, 2.05) is 35.0 Å². The molecule has 0 aliphatic heterocycles. The van der Waals surface area contributed by atoms with Crippen molar-refractivity contribution < 1.29 is 9.47 Å². The van der Waals surface area contributed by atoms with Gasteiger partial charge in [0.15, 0.2) is 0 Å². The summed E-state index contributed by atoms with van der Waals surface area (Å²) in [7, 11) is 1.63. The van der Waals surface area contributed by atoms with E-state index in [1.165, 1.54) is 0 Å². The number of nitrogens with zero attached hydrogens (tertiary/aromatic N) is 2. The molecule has 0 amide bonds. The fourth-order valence-corrected chi connectivity index (χ4v) is 1.79. The lowest BCUT2D eigenvalue weighted by molar-refractivity contribution is 0.299. The van der Waals surface area contributed by atoms with Crippen molar-refractivity contribution in [1.82, 2.24) is 9.55 Å². The van der Waals surface area contributed by atoms with E-state index in [2.05, 4.69) is 18.8 Å². The molecule has 1 aromatic heterocycles. The first-order valence-electron chi connectivity index (χ1n) is 6.20. The first-order chi connectivity index (χ1) is 9.10. The Hall–Kier alpha value is -2.17. The molecule has 0 aliphatic carbocycles. The highest BCUT2D eigenvalue weighted by Gasteiger charge is 2.08. The van der Waals surface area contributed by atoms with Crippen LogP contribution in [-0.2, 0) is 6.61 Å². The second-order valence-electron chi connectivity index (χ2n) is 4.56. The zero-order valence-corrected chi connectivity index (χ0v) is 11.5. The number of benzene rings is 1. The molecule has 0 atom stereocenters. The van der Waals surface area contributed by atoms with Crippen molar-refractivity contribution in [1.29, 1.82) is 0 Å². The van der Waals surface area contributed by atoms with Gasteiger partial charge in [0.05, 0.1) is 12.8 Å². The fourth-order valence-electron chi connectivity index (χ4n) is 1.79. The van der Waals surface area contributed by atoms with Gasteiger partial charge in [0.1, 0.15) is 18.1 Å². The Kier molecular flexibility index (Phi) is 3.94. The minimum atomic E-state index is 0.290. The number of rotatable bonds is 5. The van der Waals surface area contributed by atoms with Crippen molar-refractivity contribution in [2.75, 3.05) is 12.8 Å². The number of nitrogen functional groups attached to an aromatic ring is 1. The molecule has 5 nitrogen and oxygen atoms in total. The summed E-state index contributed by atoms with van der Waals surface area (Å²) >= 11 is 0. The minimum Gasteiger partial charge on any atom is -0.497 e. The summed E-state index contributed by atoms with van der Waals surface area (Å²) < 4.78 is 12.7. The van der Waals surface area contributed by atoms with E-state index in [4.69, 9.17) is 15.2 Å². The predicted molar refractivity (Wildman–Crippen MR) is 74.4 cm³/mol. The van der Waals surface area contributed by atoms with E-state index in [1.54, 1.807) is 7.11 Å². The molecule has 5 heteroatoms. The van der Waals surface area contributed by atoms with E-state index in [0.29, 0.717) is 12.6 Å². The van der Waals surface area contributed by atoms with E-state index in [9.17, 15) is 0 Å². The monoisotopic (exact) mass is 261 g/mol. The Morgan fingerprint density at radius 3 is 2.68 bits per heavy atom. The summed E-state index contributed by atoms with van der Waals surface area (Å²) in [5.74, 6) is 2.03. The highest BCUT2D eigenvalue weighted by Crippen LogP contribution is 2.20. The van der Waals surface area contributed by atoms with Crippen molar-refractivity contribution in [3.05, 3.63) is 36.2 Å². The molecule has 0 spiro atoms. The molecule has 0 radical (unpaired) electrons. The molecule has 0 fully saturated rings. The molecule has 2 aromatic rings. The molecule has 2 rings (SSSR count). The highest BCUT2D eigenvalue weighted by atomic mass is 16.5. The van der Waals surface area contributed by atoms with Crippen LogP contribution in [0.3, 0.4) is 0 Å². The zero-order valence-electron chi connectivity index (χ0n) is 11.5. The average Bonchev–Trinajstić information content (AvgIpc) is 2.78. The second-order valence-corrected chi connectivity index (χ2v) is 4.56. The molecule has 0 bridgehead atoms. The number of hydrogen-bond donors (Lipinski definition) is 1. The van der Waals surface area contributed by atoms with Gasteiger partial charge >= 0.3 is 0 Å². The Morgan fingerprint density at radius 2 is 2.05 bits per heavy atom. The molecular weight excluding hydrogens is 242 g/mol. The van der Waals surface area contributed by atoms with Crippen LogP contribution in [0.4, 0.5) is 5.95 Å². The number of methoxy groups -OCH3 is 1. The molecule has 0 saturated heterocycles. The van der Waals surface area contributed by atoms with Gasteiger partial charge in [-0.15, -0.1) is 0 Å². The topological polar surface area (TPSA) is 62.3 Å². The van der Waals surface area contributed by atoms with Gasteiger partial charge in [0, 0.05) is 18.3 Å². The summed E-state index contributed by atoms with van der Waals surface area (Å²) in [6.07, 6.45) is 1.92. The number of ether oxygens (including phenoxy) is 2. The first-order valence-corrected chi connectivity index (χ1v) is 6.20. The van der Waals surface area contributed by atoms with Crippen LogP contribution in [0, 0.1) is 0 Å². The number of aromatic nitrogens is 2. The van der Waals surface area contributed by atoms with Crippen molar-refractivity contribution in [2.24, 2.45) is 0 Å². The van der Waals surface area contributed by atoms with Crippen molar-refractivity contribution in [3.63, 3.8) is 0 Å². The van der Waals surface area contributed by atoms with E-state index in [-0.39, 0.29) is 6.04 Å². The third kappa shape index (κ3) is 3.19. The maximum Gasteiger partial charge on any atom is 0.200 e. The van der Waals surface area contributed by atoms with Gasteiger partial charge in [0.25, 0.3) is 0 Å². The molecule has 1 heterocycles. The Morgan fingerprint density at radius 1 is 1.32 bits per heavy atom. The normalized spacial score (nSPS) is 10.7. The van der Waals surface area contributed by atoms with Gasteiger partial charge in [-0.25, -0.2) is 4.98 Å². The third-order valence-corrected chi connectivity index (χ3v) is 2.80. The fraction of sp³-hybridized carbons (Fsp3) is 0.357. The number of nitrogens with two attached hydrogens (primary N) is 1. The molecular formula is C14H19N3O2. The molecule has 2 N–H and O–H groups in total. The van der Waals surface area contributed by atoms with Gasteiger partial charge in [-0.2, -0.15) is 0 Å². The van der Waals surface area contributed by atoms with Gasteiger partial charge in [-0.05, 0) is 26.0 Å². The molecule has 1 aromatic carbocycles. The largest absolute Gasteiger partial charge is 0.497 e. The third-order valence-electron chi connectivity index (χ3n) is 2.80. The number of hydrogen-bond acceptors (Lipinski definition) is 4. The second kappa shape index (κ2) is 5.65. The van der Waals surface area contributed by atoms with Crippen LogP contribution >= 0.6 is 0 Å². The lowest BCUT2D eigenvalue weighted by Gasteiger charge is -2.07. The molecule has 102 valence electrons. The molecule has 0 aliphatic rings. The van der Waals surface area contributed by atoms with Crippen molar-refractivity contribution in [2.45, 2.75) is 26.5 Å². The quantitative estimate of drug-likeness (QED) is 0.898. The Bertz CT molecular complexity index is 549. The average molecular weight is 261 g/mol. The van der Waals surface area contributed by atoms with Crippen molar-refractivity contribution in [3.8, 4) is 11.5 Å². The summed E-state index contributed by atoms with van der Waals surface area (Å²) in [5, 5.41) is 0. The van der Waals surface area contributed by atoms with Crippen LogP contribution in [0.2, 0.25) is 0 Å². The summed E-state index contributed by atoms with van der Waals surface area (Å²) in [6.45, 7) is 4.51.